The summed E-state index contributed by atoms with van der Waals surface area (Å²) >= 11 is 1.52. The van der Waals surface area contributed by atoms with Crippen LogP contribution in [0.3, 0.4) is 0 Å². The van der Waals surface area contributed by atoms with Crippen molar-refractivity contribution >= 4 is 17.2 Å². The predicted molar refractivity (Wildman–Crippen MR) is 83.2 cm³/mol. The molecule has 1 aromatic heterocycles. The molecule has 1 amide bonds. The number of amides is 1. The number of aromatic nitrogens is 1. The van der Waals surface area contributed by atoms with Gasteiger partial charge in [0, 0.05) is 23.8 Å². The Morgan fingerprint density at radius 2 is 1.91 bits per heavy atom. The lowest BCUT2D eigenvalue weighted by Crippen LogP contribution is -2.27. The van der Waals surface area contributed by atoms with Gasteiger partial charge in [0.25, 0.3) is 5.91 Å². The minimum Gasteiger partial charge on any atom is -0.351 e. The molecule has 118 valence electrons. The molecular formula is C16H18F2N2OS. The lowest BCUT2D eigenvalue weighted by molar-refractivity contribution is 0.0945. The maximum atomic E-state index is 13.5. The minimum atomic E-state index is -0.859. The molecule has 0 spiro atoms. The van der Waals surface area contributed by atoms with Crippen molar-refractivity contribution in [1.29, 1.82) is 0 Å². The maximum Gasteiger partial charge on any atom is 0.257 e. The largest absolute Gasteiger partial charge is 0.351 e. The molecule has 22 heavy (non-hydrogen) atoms. The van der Waals surface area contributed by atoms with E-state index in [2.05, 4.69) is 31.1 Å². The molecule has 0 unspecified atom stereocenters. The first kappa shape index (κ1) is 16.5. The molecule has 2 aromatic rings. The van der Waals surface area contributed by atoms with Crippen LogP contribution in [0.4, 0.5) is 8.78 Å². The standard InChI is InChI=1S/C16H18F2N2OS/c1-16(2,3)12-9-22-13(20-12)7-8-19-15(21)14-10(17)5-4-6-11(14)18/h4-6,9H,7-8H2,1-3H3,(H,19,21). The van der Waals surface area contributed by atoms with Gasteiger partial charge in [0.2, 0.25) is 0 Å². The van der Waals surface area contributed by atoms with Crippen LogP contribution in [-0.2, 0) is 11.8 Å². The van der Waals surface area contributed by atoms with Crippen LogP contribution in [0.1, 0.15) is 41.8 Å². The Kier molecular flexibility index (Phi) is 4.90. The summed E-state index contributed by atoms with van der Waals surface area (Å²) in [5, 5.41) is 5.41. The normalized spacial score (nSPS) is 11.5. The second-order valence-corrected chi connectivity index (χ2v) is 6.92. The van der Waals surface area contributed by atoms with Gasteiger partial charge in [-0.1, -0.05) is 26.8 Å². The molecule has 2 rings (SSSR count). The Balaban J connectivity index is 1.94. The lowest BCUT2D eigenvalue weighted by atomic mass is 9.93. The Labute approximate surface area is 132 Å². The summed E-state index contributed by atoms with van der Waals surface area (Å²) in [7, 11) is 0. The van der Waals surface area contributed by atoms with Gasteiger partial charge in [-0.25, -0.2) is 13.8 Å². The fourth-order valence-electron chi connectivity index (χ4n) is 1.86. The van der Waals surface area contributed by atoms with Gasteiger partial charge < -0.3 is 5.32 Å². The number of rotatable bonds is 4. The lowest BCUT2D eigenvalue weighted by Gasteiger charge is -2.14. The molecule has 0 atom stereocenters. The van der Waals surface area contributed by atoms with Crippen molar-refractivity contribution in [3.05, 3.63) is 51.5 Å². The second-order valence-electron chi connectivity index (χ2n) is 5.98. The number of carbonyl (C=O) groups is 1. The predicted octanol–water partition coefficient (Wildman–Crippen LogP) is 3.69. The third-order valence-electron chi connectivity index (χ3n) is 3.13. The van der Waals surface area contributed by atoms with Gasteiger partial charge in [0.1, 0.15) is 17.2 Å². The number of halogens is 2. The van der Waals surface area contributed by atoms with Crippen molar-refractivity contribution < 1.29 is 13.6 Å². The highest BCUT2D eigenvalue weighted by atomic mass is 32.1. The molecule has 0 radical (unpaired) electrons. The molecule has 0 aliphatic carbocycles. The fraction of sp³-hybridized carbons (Fsp3) is 0.375. The number of nitrogens with one attached hydrogen (secondary N) is 1. The molecule has 0 aliphatic heterocycles. The first-order valence-corrected chi connectivity index (χ1v) is 7.84. The summed E-state index contributed by atoms with van der Waals surface area (Å²) in [6, 6.07) is 3.36. The molecule has 0 aliphatic rings. The molecule has 0 bridgehead atoms. The topological polar surface area (TPSA) is 42.0 Å². The quantitative estimate of drug-likeness (QED) is 0.932. The maximum absolute atomic E-state index is 13.5. The van der Waals surface area contributed by atoms with Crippen LogP contribution in [0.25, 0.3) is 0 Å². The van der Waals surface area contributed by atoms with Gasteiger partial charge in [-0.15, -0.1) is 11.3 Å². The number of nitrogens with zero attached hydrogens (tertiary/aromatic N) is 1. The molecule has 0 saturated carbocycles. The number of benzene rings is 1. The van der Waals surface area contributed by atoms with E-state index >= 15 is 0 Å². The van der Waals surface area contributed by atoms with Crippen molar-refractivity contribution in [2.75, 3.05) is 6.54 Å². The summed E-state index contributed by atoms with van der Waals surface area (Å²) in [6.45, 7) is 6.52. The van der Waals surface area contributed by atoms with Gasteiger partial charge >= 0.3 is 0 Å². The summed E-state index contributed by atoms with van der Waals surface area (Å²) in [4.78, 5) is 16.3. The second kappa shape index (κ2) is 6.52. The van der Waals surface area contributed by atoms with Gasteiger partial charge in [0.15, 0.2) is 0 Å². The molecular weight excluding hydrogens is 306 g/mol. The number of hydrogen-bond acceptors (Lipinski definition) is 3. The van der Waals surface area contributed by atoms with Crippen LogP contribution in [0.2, 0.25) is 0 Å². The van der Waals surface area contributed by atoms with Crippen LogP contribution in [0.5, 0.6) is 0 Å². The highest BCUT2D eigenvalue weighted by molar-refractivity contribution is 7.09. The zero-order valence-corrected chi connectivity index (χ0v) is 13.6. The van der Waals surface area contributed by atoms with Crippen LogP contribution in [0, 0.1) is 11.6 Å². The van der Waals surface area contributed by atoms with Crippen molar-refractivity contribution in [2.45, 2.75) is 32.6 Å². The first-order valence-electron chi connectivity index (χ1n) is 6.96. The van der Waals surface area contributed by atoms with E-state index in [4.69, 9.17) is 0 Å². The van der Waals surface area contributed by atoms with E-state index in [0.717, 1.165) is 22.8 Å². The van der Waals surface area contributed by atoms with Crippen molar-refractivity contribution in [3.8, 4) is 0 Å². The van der Waals surface area contributed by atoms with E-state index < -0.39 is 23.1 Å². The van der Waals surface area contributed by atoms with E-state index in [0.29, 0.717) is 6.42 Å². The van der Waals surface area contributed by atoms with Gasteiger partial charge in [-0.3, -0.25) is 4.79 Å². The summed E-state index contributed by atoms with van der Waals surface area (Å²) < 4.78 is 26.9. The highest BCUT2D eigenvalue weighted by Crippen LogP contribution is 2.23. The van der Waals surface area contributed by atoms with Crippen LogP contribution in [-0.4, -0.2) is 17.4 Å². The Morgan fingerprint density at radius 1 is 1.27 bits per heavy atom. The summed E-state index contributed by atoms with van der Waals surface area (Å²) in [5.41, 5.74) is 0.435. The average Bonchev–Trinajstić information content (AvgIpc) is 2.87. The fourth-order valence-corrected chi connectivity index (χ4v) is 2.88. The zero-order chi connectivity index (χ0) is 16.3. The monoisotopic (exact) mass is 324 g/mol. The van der Waals surface area contributed by atoms with E-state index in [1.165, 1.54) is 17.4 Å². The highest BCUT2D eigenvalue weighted by Gasteiger charge is 2.18. The van der Waals surface area contributed by atoms with E-state index in [1.807, 2.05) is 5.38 Å². The van der Waals surface area contributed by atoms with Crippen LogP contribution in [0.15, 0.2) is 23.6 Å². The Morgan fingerprint density at radius 3 is 2.45 bits per heavy atom. The third kappa shape index (κ3) is 3.88. The summed E-state index contributed by atoms with van der Waals surface area (Å²) in [5.74, 6) is -2.47. The number of thiazole rings is 1. The molecule has 0 fully saturated rings. The minimum absolute atomic E-state index is 0.0195. The molecule has 1 N–H and O–H groups in total. The Hall–Kier alpha value is -1.82. The Bertz CT molecular complexity index is 657. The van der Waals surface area contributed by atoms with E-state index in [1.54, 1.807) is 0 Å². The SMILES string of the molecule is CC(C)(C)c1csc(CCNC(=O)c2c(F)cccc2F)n1. The number of hydrogen-bond donors (Lipinski definition) is 1. The van der Waals surface area contributed by atoms with Gasteiger partial charge in [-0.05, 0) is 12.1 Å². The summed E-state index contributed by atoms with van der Waals surface area (Å²) in [6.07, 6.45) is 0.530. The van der Waals surface area contributed by atoms with Crippen molar-refractivity contribution in [1.82, 2.24) is 10.3 Å². The molecule has 3 nitrogen and oxygen atoms in total. The van der Waals surface area contributed by atoms with Crippen molar-refractivity contribution in [2.24, 2.45) is 0 Å². The molecule has 1 heterocycles. The molecule has 6 heteroatoms. The third-order valence-corrected chi connectivity index (χ3v) is 4.04. The van der Waals surface area contributed by atoms with E-state index in [-0.39, 0.29) is 12.0 Å². The van der Waals surface area contributed by atoms with Gasteiger partial charge in [-0.2, -0.15) is 0 Å². The number of carbonyl (C=O) groups excluding carboxylic acids is 1. The van der Waals surface area contributed by atoms with Gasteiger partial charge in [0.05, 0.1) is 10.7 Å². The van der Waals surface area contributed by atoms with Crippen LogP contribution < -0.4 is 5.32 Å². The van der Waals surface area contributed by atoms with Crippen LogP contribution >= 0.6 is 11.3 Å². The molecule has 0 saturated heterocycles. The zero-order valence-electron chi connectivity index (χ0n) is 12.7. The smallest absolute Gasteiger partial charge is 0.257 e. The average molecular weight is 324 g/mol. The first-order chi connectivity index (χ1) is 10.3. The van der Waals surface area contributed by atoms with Crippen molar-refractivity contribution in [3.63, 3.8) is 0 Å². The molecule has 1 aromatic carbocycles. The van der Waals surface area contributed by atoms with E-state index in [9.17, 15) is 13.6 Å².